The second kappa shape index (κ2) is 5.53. The highest BCUT2D eigenvalue weighted by Crippen LogP contribution is 2.20. The van der Waals surface area contributed by atoms with E-state index < -0.39 is 16.3 Å². The molecule has 0 amide bonds. The van der Waals surface area contributed by atoms with E-state index in [2.05, 4.69) is 9.84 Å². The molecule has 0 unspecified atom stereocenters. The molecule has 0 spiro atoms. The number of nitro groups is 1. The molecule has 8 nitrogen and oxygen atoms in total. The summed E-state index contributed by atoms with van der Waals surface area (Å²) in [4.78, 5) is 33.4. The fraction of sp³-hybridized carbons (Fsp3) is 0.154. The number of ether oxygens (including phenoxy) is 1. The van der Waals surface area contributed by atoms with E-state index in [-0.39, 0.29) is 11.4 Å². The lowest BCUT2D eigenvalue weighted by molar-refractivity contribution is -0.385. The summed E-state index contributed by atoms with van der Waals surface area (Å²) in [5, 5.41) is 14.8. The first-order valence-electron chi connectivity index (χ1n) is 5.87. The van der Waals surface area contributed by atoms with Gasteiger partial charge in [0.25, 0.3) is 5.69 Å². The summed E-state index contributed by atoms with van der Waals surface area (Å²) in [5.41, 5.74) is -0.189. The normalized spacial score (nSPS) is 10.2. The minimum atomic E-state index is -0.865. The average Bonchev–Trinajstić information content (AvgIpc) is 2.47. The molecule has 21 heavy (non-hydrogen) atoms. The summed E-state index contributed by atoms with van der Waals surface area (Å²) in [7, 11) is 1.14. The van der Waals surface area contributed by atoms with Crippen molar-refractivity contribution in [1.29, 1.82) is 0 Å². The lowest BCUT2D eigenvalue weighted by atomic mass is 10.2. The Labute approximate surface area is 118 Å². The van der Waals surface area contributed by atoms with Crippen molar-refractivity contribution < 1.29 is 14.5 Å². The summed E-state index contributed by atoms with van der Waals surface area (Å²) in [6.07, 6.45) is 1.32. The monoisotopic (exact) mass is 289 g/mol. The second-order valence-electron chi connectivity index (χ2n) is 4.19. The quantitative estimate of drug-likeness (QED) is 0.478. The highest BCUT2D eigenvalue weighted by molar-refractivity contribution is 5.86. The highest BCUT2D eigenvalue weighted by atomic mass is 16.6. The predicted molar refractivity (Wildman–Crippen MR) is 72.6 cm³/mol. The minimum absolute atomic E-state index is 0.0763. The van der Waals surface area contributed by atoms with Gasteiger partial charge in [0.15, 0.2) is 0 Å². The SMILES string of the molecule is COC(=O)c1nn(-c2ccc(C)c([N+](=O)[O-])c2)ccc1=O. The van der Waals surface area contributed by atoms with Crippen LogP contribution in [-0.2, 0) is 4.74 Å². The van der Waals surface area contributed by atoms with Crippen LogP contribution >= 0.6 is 0 Å². The third-order valence-electron chi connectivity index (χ3n) is 2.84. The number of hydrogen-bond acceptors (Lipinski definition) is 6. The molecule has 0 atom stereocenters. The molecule has 1 heterocycles. The Hall–Kier alpha value is -3.03. The van der Waals surface area contributed by atoms with Gasteiger partial charge in [-0.1, -0.05) is 6.07 Å². The van der Waals surface area contributed by atoms with Crippen LogP contribution in [0.1, 0.15) is 16.1 Å². The maximum atomic E-state index is 11.5. The van der Waals surface area contributed by atoms with E-state index >= 15 is 0 Å². The predicted octanol–water partition coefficient (Wildman–Crippen LogP) is 1.24. The van der Waals surface area contributed by atoms with Crippen LogP contribution in [0.5, 0.6) is 0 Å². The van der Waals surface area contributed by atoms with Crippen molar-refractivity contribution in [1.82, 2.24) is 9.78 Å². The number of nitro benzene ring substituents is 1. The molecule has 0 bridgehead atoms. The van der Waals surface area contributed by atoms with Gasteiger partial charge in [0.2, 0.25) is 11.1 Å². The molecule has 0 radical (unpaired) electrons. The van der Waals surface area contributed by atoms with Gasteiger partial charge in [0, 0.05) is 23.9 Å². The summed E-state index contributed by atoms with van der Waals surface area (Å²) >= 11 is 0. The molecule has 0 aliphatic rings. The van der Waals surface area contributed by atoms with E-state index in [1.54, 1.807) is 19.1 Å². The fourth-order valence-corrected chi connectivity index (χ4v) is 1.73. The summed E-state index contributed by atoms with van der Waals surface area (Å²) in [6, 6.07) is 5.62. The van der Waals surface area contributed by atoms with E-state index in [0.717, 1.165) is 13.2 Å². The maximum absolute atomic E-state index is 11.5. The number of rotatable bonds is 3. The zero-order valence-electron chi connectivity index (χ0n) is 11.3. The molecular weight excluding hydrogens is 278 g/mol. The molecule has 0 aliphatic carbocycles. The van der Waals surface area contributed by atoms with E-state index in [9.17, 15) is 19.7 Å². The first kappa shape index (κ1) is 14.4. The van der Waals surface area contributed by atoms with Crippen molar-refractivity contribution >= 4 is 11.7 Å². The van der Waals surface area contributed by atoms with Crippen molar-refractivity contribution in [3.8, 4) is 5.69 Å². The van der Waals surface area contributed by atoms with Crippen molar-refractivity contribution in [3.63, 3.8) is 0 Å². The first-order chi connectivity index (χ1) is 9.93. The Kier molecular flexibility index (Phi) is 3.79. The van der Waals surface area contributed by atoms with Crippen LogP contribution in [0, 0.1) is 17.0 Å². The largest absolute Gasteiger partial charge is 0.464 e. The zero-order chi connectivity index (χ0) is 15.6. The van der Waals surface area contributed by atoms with Crippen LogP contribution in [0.25, 0.3) is 5.69 Å². The number of benzene rings is 1. The molecule has 8 heteroatoms. The molecule has 0 aliphatic heterocycles. The van der Waals surface area contributed by atoms with Gasteiger partial charge in [-0.05, 0) is 13.0 Å². The van der Waals surface area contributed by atoms with Crippen LogP contribution in [0.3, 0.4) is 0 Å². The Bertz CT molecular complexity index is 782. The Morgan fingerprint density at radius 1 is 1.38 bits per heavy atom. The number of carbonyl (C=O) groups is 1. The van der Waals surface area contributed by atoms with Crippen molar-refractivity contribution in [2.75, 3.05) is 7.11 Å². The third-order valence-corrected chi connectivity index (χ3v) is 2.84. The molecule has 2 aromatic rings. The molecule has 108 valence electrons. The molecule has 0 fully saturated rings. The lowest BCUT2D eigenvalue weighted by Gasteiger charge is -2.07. The molecule has 2 rings (SSSR count). The zero-order valence-corrected chi connectivity index (χ0v) is 11.3. The average molecular weight is 289 g/mol. The Balaban J connectivity index is 2.57. The van der Waals surface area contributed by atoms with E-state index in [0.29, 0.717) is 11.3 Å². The first-order valence-corrected chi connectivity index (χ1v) is 5.87. The number of hydrogen-bond donors (Lipinski definition) is 0. The maximum Gasteiger partial charge on any atom is 0.362 e. The molecule has 1 aromatic heterocycles. The molecule has 0 saturated heterocycles. The number of nitrogens with zero attached hydrogens (tertiary/aromatic N) is 3. The van der Waals surface area contributed by atoms with E-state index in [4.69, 9.17) is 0 Å². The number of methoxy groups -OCH3 is 1. The molecule has 0 N–H and O–H groups in total. The standard InChI is InChI=1S/C13H11N3O5/c1-8-3-4-9(7-10(8)16(19)20)15-6-5-11(17)12(14-15)13(18)21-2/h3-7H,1-2H3. The highest BCUT2D eigenvalue weighted by Gasteiger charge is 2.15. The van der Waals surface area contributed by atoms with Gasteiger partial charge in [0.1, 0.15) is 0 Å². The van der Waals surface area contributed by atoms with Gasteiger partial charge < -0.3 is 4.74 Å². The van der Waals surface area contributed by atoms with Crippen LogP contribution in [0.15, 0.2) is 35.3 Å². The molecule has 0 saturated carbocycles. The van der Waals surface area contributed by atoms with Crippen molar-refractivity contribution in [3.05, 3.63) is 62.1 Å². The lowest BCUT2D eigenvalue weighted by Crippen LogP contribution is -2.21. The van der Waals surface area contributed by atoms with E-state index in [1.165, 1.54) is 16.9 Å². The van der Waals surface area contributed by atoms with Gasteiger partial charge in [-0.25, -0.2) is 9.48 Å². The van der Waals surface area contributed by atoms with Crippen LogP contribution in [0.2, 0.25) is 0 Å². The number of carbonyl (C=O) groups excluding carboxylic acids is 1. The van der Waals surface area contributed by atoms with Gasteiger partial charge >= 0.3 is 5.97 Å². The number of aryl methyl sites for hydroxylation is 1. The van der Waals surface area contributed by atoms with Gasteiger partial charge in [-0.3, -0.25) is 14.9 Å². The third kappa shape index (κ3) is 2.78. The van der Waals surface area contributed by atoms with E-state index in [1.807, 2.05) is 0 Å². The molecule has 1 aromatic carbocycles. The summed E-state index contributed by atoms with van der Waals surface area (Å²) in [6.45, 7) is 1.61. The molecular formula is C13H11N3O5. The van der Waals surface area contributed by atoms with Crippen LogP contribution in [0.4, 0.5) is 5.69 Å². The Morgan fingerprint density at radius 3 is 2.71 bits per heavy atom. The van der Waals surface area contributed by atoms with Crippen LogP contribution < -0.4 is 5.43 Å². The van der Waals surface area contributed by atoms with Gasteiger partial charge in [-0.15, -0.1) is 0 Å². The number of aromatic nitrogens is 2. The Morgan fingerprint density at radius 2 is 2.10 bits per heavy atom. The summed E-state index contributed by atoms with van der Waals surface area (Å²) < 4.78 is 5.67. The van der Waals surface area contributed by atoms with Crippen molar-refractivity contribution in [2.24, 2.45) is 0 Å². The van der Waals surface area contributed by atoms with Crippen molar-refractivity contribution in [2.45, 2.75) is 6.92 Å². The smallest absolute Gasteiger partial charge is 0.362 e. The number of esters is 1. The van der Waals surface area contributed by atoms with Gasteiger partial charge in [0.05, 0.1) is 17.7 Å². The second-order valence-corrected chi connectivity index (χ2v) is 4.19. The fourth-order valence-electron chi connectivity index (χ4n) is 1.73. The van der Waals surface area contributed by atoms with Gasteiger partial charge in [-0.2, -0.15) is 5.10 Å². The minimum Gasteiger partial charge on any atom is -0.464 e. The topological polar surface area (TPSA) is 104 Å². The summed E-state index contributed by atoms with van der Waals surface area (Å²) in [5.74, 6) is -0.865. The van der Waals surface area contributed by atoms with Crippen LogP contribution in [-0.4, -0.2) is 27.8 Å².